The molecule has 0 bridgehead atoms. The highest BCUT2D eigenvalue weighted by Gasteiger charge is 2.19. The van der Waals surface area contributed by atoms with Crippen molar-refractivity contribution in [3.05, 3.63) is 80.4 Å². The third-order valence-corrected chi connectivity index (χ3v) is 5.00. The molecule has 0 aliphatic rings. The Morgan fingerprint density at radius 3 is 2.52 bits per heavy atom. The first-order valence-electron chi connectivity index (χ1n) is 7.65. The van der Waals surface area contributed by atoms with E-state index in [-0.39, 0.29) is 21.6 Å². The second kappa shape index (κ2) is 7.03. The van der Waals surface area contributed by atoms with Gasteiger partial charge in [-0.2, -0.15) is 13.1 Å². The normalized spacial score (nSPS) is 11.3. The number of benzene rings is 2. The molecule has 11 heteroatoms. The van der Waals surface area contributed by atoms with E-state index in [0.29, 0.717) is 4.68 Å². The maximum absolute atomic E-state index is 12.7. The minimum absolute atomic E-state index is 0.0747. The van der Waals surface area contributed by atoms with Crippen LogP contribution in [-0.2, 0) is 21.5 Å². The topological polar surface area (TPSA) is 133 Å². The Morgan fingerprint density at radius 1 is 1.19 bits per heavy atom. The molecule has 1 aromatic heterocycles. The van der Waals surface area contributed by atoms with Gasteiger partial charge in [0, 0.05) is 0 Å². The second-order valence-corrected chi connectivity index (χ2v) is 7.25. The van der Waals surface area contributed by atoms with Gasteiger partial charge in [0.05, 0.1) is 15.8 Å². The van der Waals surface area contributed by atoms with Crippen LogP contribution >= 0.6 is 0 Å². The van der Waals surface area contributed by atoms with Crippen LogP contribution in [0.5, 0.6) is 0 Å². The Hall–Kier alpha value is -3.47. The number of sulfonamides is 1. The first-order valence-corrected chi connectivity index (χ1v) is 9.14. The quantitative estimate of drug-likeness (QED) is 0.496. The van der Waals surface area contributed by atoms with Gasteiger partial charge in [-0.15, -0.1) is 10.1 Å². The summed E-state index contributed by atoms with van der Waals surface area (Å²) in [5.41, 5.74) is 0.395. The lowest BCUT2D eigenvalue weighted by Crippen LogP contribution is -2.36. The summed E-state index contributed by atoms with van der Waals surface area (Å²) in [6.07, 6.45) is 0. The molecule has 10 nitrogen and oxygen atoms in total. The lowest BCUT2D eigenvalue weighted by atomic mass is 10.2. The number of hydrogen-bond acceptors (Lipinski definition) is 7. The third-order valence-electron chi connectivity index (χ3n) is 3.69. The monoisotopic (exact) mass is 390 g/mol. The number of aryl methyl sites for hydroxylation is 1. The zero-order chi connectivity index (χ0) is 19.6. The number of rotatable bonds is 6. The molecule has 0 aliphatic carbocycles. The average molecular weight is 390 g/mol. The Morgan fingerprint density at radius 2 is 1.85 bits per heavy atom. The summed E-state index contributed by atoms with van der Waals surface area (Å²) in [6, 6.07) is 12.2. The number of hydrogen-bond donors (Lipinski definition) is 1. The second-order valence-electron chi connectivity index (χ2n) is 5.59. The minimum Gasteiger partial charge on any atom is -0.306 e. The van der Waals surface area contributed by atoms with Gasteiger partial charge in [-0.3, -0.25) is 4.79 Å². The number of fused-ring (bicyclic) bond motifs is 1. The van der Waals surface area contributed by atoms with Crippen molar-refractivity contribution in [1.29, 1.82) is 0 Å². The lowest BCUT2D eigenvalue weighted by Gasteiger charge is -2.15. The fourth-order valence-corrected chi connectivity index (χ4v) is 3.40. The van der Waals surface area contributed by atoms with Crippen LogP contribution in [0.25, 0.3) is 10.9 Å². The predicted octanol–water partition coefficient (Wildman–Crippen LogP) is 1.35. The number of nitrogens with zero attached hydrogens (tertiary/aromatic N) is 3. The molecule has 0 saturated carbocycles. The summed E-state index contributed by atoms with van der Waals surface area (Å²) in [5.74, 6) is -0.258. The highest BCUT2D eigenvalue weighted by Crippen LogP contribution is 2.13. The Labute approximate surface area is 153 Å². The van der Waals surface area contributed by atoms with Crippen LogP contribution < -0.4 is 10.4 Å². The van der Waals surface area contributed by atoms with Gasteiger partial charge >= 0.3 is 0 Å². The van der Waals surface area contributed by atoms with E-state index in [1.807, 2.05) is 0 Å². The number of aromatic nitrogens is 2. The van der Waals surface area contributed by atoms with E-state index in [1.165, 1.54) is 24.3 Å². The van der Waals surface area contributed by atoms with Gasteiger partial charge in [-0.05, 0) is 31.2 Å². The van der Waals surface area contributed by atoms with Crippen LogP contribution in [-0.4, -0.2) is 23.2 Å². The van der Waals surface area contributed by atoms with Crippen molar-refractivity contribution in [2.45, 2.75) is 18.4 Å². The molecule has 140 valence electrons. The molecule has 1 heterocycles. The van der Waals surface area contributed by atoms with Crippen molar-refractivity contribution < 1.29 is 18.3 Å². The Bertz CT molecular complexity index is 1170. The predicted molar refractivity (Wildman–Crippen MR) is 95.5 cm³/mol. The summed E-state index contributed by atoms with van der Waals surface area (Å²) < 4.78 is 25.9. The van der Waals surface area contributed by atoms with Crippen molar-refractivity contribution in [1.82, 2.24) is 9.66 Å². The molecule has 0 fully saturated rings. The van der Waals surface area contributed by atoms with E-state index in [2.05, 4.69) is 14.7 Å². The van der Waals surface area contributed by atoms with Crippen LogP contribution in [0.4, 0.5) is 0 Å². The largest absolute Gasteiger partial charge is 0.306 e. The summed E-state index contributed by atoms with van der Waals surface area (Å²) >= 11 is 0. The van der Waals surface area contributed by atoms with Gasteiger partial charge in [0.1, 0.15) is 0 Å². The van der Waals surface area contributed by atoms with Gasteiger partial charge < -0.3 is 4.84 Å². The van der Waals surface area contributed by atoms with E-state index in [0.717, 1.165) is 5.56 Å². The van der Waals surface area contributed by atoms with Crippen LogP contribution in [0.2, 0.25) is 0 Å². The van der Waals surface area contributed by atoms with E-state index in [1.54, 1.807) is 31.2 Å². The zero-order valence-corrected chi connectivity index (χ0v) is 14.8. The van der Waals surface area contributed by atoms with Crippen molar-refractivity contribution in [2.75, 3.05) is 4.83 Å². The molecule has 0 spiro atoms. The smallest absolute Gasteiger partial charge is 0.294 e. The fraction of sp³-hybridized carbons (Fsp3) is 0.125. The SMILES string of the molecule is Cc1ccc(S(=O)(=O)Nn2c(CO[N+](=O)[O-])nc3ccccc3c2=O)cc1. The standard InChI is InChI=1S/C16H14N4O6S/c1-11-6-8-12(9-7-11)27(24,25)18-19-15(10-26-20(22)23)17-14-5-3-2-4-13(14)16(19)21/h2-9,18H,10H2,1H3. The lowest BCUT2D eigenvalue weighted by molar-refractivity contribution is -0.763. The van der Waals surface area contributed by atoms with Gasteiger partial charge in [0.15, 0.2) is 12.4 Å². The summed E-state index contributed by atoms with van der Waals surface area (Å²) in [6.45, 7) is 1.10. The fourth-order valence-electron chi connectivity index (χ4n) is 2.37. The molecule has 0 aliphatic heterocycles. The van der Waals surface area contributed by atoms with E-state index >= 15 is 0 Å². The summed E-state index contributed by atoms with van der Waals surface area (Å²) in [7, 11) is -4.13. The van der Waals surface area contributed by atoms with E-state index < -0.39 is 27.3 Å². The molecule has 1 N–H and O–H groups in total. The van der Waals surface area contributed by atoms with Crippen LogP contribution in [0.3, 0.4) is 0 Å². The zero-order valence-electron chi connectivity index (χ0n) is 14.0. The molecule has 0 atom stereocenters. The molecule has 0 saturated heterocycles. The highest BCUT2D eigenvalue weighted by molar-refractivity contribution is 7.92. The summed E-state index contributed by atoms with van der Waals surface area (Å²) in [4.78, 5) is 33.7. The highest BCUT2D eigenvalue weighted by atomic mass is 32.2. The van der Waals surface area contributed by atoms with Crippen LogP contribution in [0, 0.1) is 17.0 Å². The molecule has 2 aromatic carbocycles. The van der Waals surface area contributed by atoms with Gasteiger partial charge in [-0.25, -0.2) is 9.82 Å². The molecule has 0 amide bonds. The molecule has 27 heavy (non-hydrogen) atoms. The summed E-state index contributed by atoms with van der Waals surface area (Å²) in [5, 5.41) is 9.59. The van der Waals surface area contributed by atoms with Gasteiger partial charge in [0.2, 0.25) is 0 Å². The first-order chi connectivity index (χ1) is 12.8. The maximum Gasteiger partial charge on any atom is 0.294 e. The molecule has 3 rings (SSSR count). The number of para-hydroxylation sites is 1. The van der Waals surface area contributed by atoms with Crippen LogP contribution in [0.15, 0.2) is 58.2 Å². The van der Waals surface area contributed by atoms with Gasteiger partial charge in [0.25, 0.3) is 20.7 Å². The van der Waals surface area contributed by atoms with E-state index in [4.69, 9.17) is 0 Å². The van der Waals surface area contributed by atoms with Crippen LogP contribution in [0.1, 0.15) is 11.4 Å². The third kappa shape index (κ3) is 3.87. The Kier molecular flexibility index (Phi) is 4.77. The molecule has 0 radical (unpaired) electrons. The van der Waals surface area contributed by atoms with Crippen molar-refractivity contribution in [2.24, 2.45) is 0 Å². The van der Waals surface area contributed by atoms with E-state index in [9.17, 15) is 23.3 Å². The minimum atomic E-state index is -4.13. The molecule has 3 aromatic rings. The van der Waals surface area contributed by atoms with Crippen molar-refractivity contribution in [3.63, 3.8) is 0 Å². The molecule has 0 unspecified atom stereocenters. The number of nitrogens with one attached hydrogen (secondary N) is 1. The average Bonchev–Trinajstić information content (AvgIpc) is 2.63. The van der Waals surface area contributed by atoms with Crippen molar-refractivity contribution in [3.8, 4) is 0 Å². The van der Waals surface area contributed by atoms with Gasteiger partial charge in [-0.1, -0.05) is 29.8 Å². The molecular weight excluding hydrogens is 376 g/mol. The Balaban J connectivity index is 2.12. The molecular formula is C16H14N4O6S. The maximum atomic E-state index is 12.7. The van der Waals surface area contributed by atoms with Crippen molar-refractivity contribution >= 4 is 20.9 Å². The first kappa shape index (κ1) is 18.3.